The van der Waals surface area contributed by atoms with Crippen LogP contribution < -0.4 is 0 Å². The van der Waals surface area contributed by atoms with E-state index < -0.39 is 11.7 Å². The van der Waals surface area contributed by atoms with Crippen molar-refractivity contribution < 1.29 is 8.78 Å². The summed E-state index contributed by atoms with van der Waals surface area (Å²) in [5, 5.41) is 0. The SMILES string of the molecule is CC#CC.CC(C)=C(F)/C=C(\C)F.CC1CCCC1. The molecular weight excluding hydrogens is 242 g/mol. The molecule has 1 rings (SSSR count). The van der Waals surface area contributed by atoms with Crippen LogP contribution in [0.15, 0.2) is 23.3 Å². The topological polar surface area (TPSA) is 0 Å². The van der Waals surface area contributed by atoms with E-state index in [1.165, 1.54) is 32.6 Å². The van der Waals surface area contributed by atoms with Gasteiger partial charge in [0.05, 0.1) is 5.83 Å². The lowest BCUT2D eigenvalue weighted by atomic mass is 10.2. The lowest BCUT2D eigenvalue weighted by molar-refractivity contribution is 0.609. The second-order valence-electron chi connectivity index (χ2n) is 4.97. The Kier molecular flexibility index (Phi) is 14.2. The van der Waals surface area contributed by atoms with E-state index in [1.54, 1.807) is 13.8 Å². The van der Waals surface area contributed by atoms with Gasteiger partial charge in [0.1, 0.15) is 5.83 Å². The summed E-state index contributed by atoms with van der Waals surface area (Å²) in [7, 11) is 0. The fourth-order valence-electron chi connectivity index (χ4n) is 1.45. The molecule has 0 atom stereocenters. The van der Waals surface area contributed by atoms with Crippen LogP contribution in [0.25, 0.3) is 0 Å². The summed E-state index contributed by atoms with van der Waals surface area (Å²) in [5.41, 5.74) is 0.493. The maximum absolute atomic E-state index is 12.3. The molecule has 0 spiro atoms. The van der Waals surface area contributed by atoms with Crippen molar-refractivity contribution in [2.24, 2.45) is 5.92 Å². The van der Waals surface area contributed by atoms with E-state index in [0.717, 1.165) is 12.0 Å². The van der Waals surface area contributed by atoms with Crippen molar-refractivity contribution in [1.82, 2.24) is 0 Å². The molecule has 0 aromatic heterocycles. The van der Waals surface area contributed by atoms with Crippen LogP contribution in [0.1, 0.15) is 67.2 Å². The van der Waals surface area contributed by atoms with Crippen LogP contribution >= 0.6 is 0 Å². The third-order valence-corrected chi connectivity index (χ3v) is 2.70. The Morgan fingerprint density at radius 1 is 1.00 bits per heavy atom. The summed E-state index contributed by atoms with van der Waals surface area (Å²) in [6, 6.07) is 0. The Bertz CT molecular complexity index is 320. The molecule has 0 heterocycles. The average molecular weight is 270 g/mol. The zero-order valence-corrected chi connectivity index (χ0v) is 13.2. The highest BCUT2D eigenvalue weighted by atomic mass is 19.1. The quantitative estimate of drug-likeness (QED) is 0.385. The van der Waals surface area contributed by atoms with Gasteiger partial charge in [-0.05, 0) is 46.1 Å². The first kappa shape index (κ1) is 20.2. The van der Waals surface area contributed by atoms with Crippen molar-refractivity contribution in [2.75, 3.05) is 0 Å². The van der Waals surface area contributed by atoms with Gasteiger partial charge in [-0.25, -0.2) is 8.78 Å². The van der Waals surface area contributed by atoms with Gasteiger partial charge in [0.2, 0.25) is 0 Å². The zero-order valence-electron chi connectivity index (χ0n) is 13.2. The van der Waals surface area contributed by atoms with Crippen molar-refractivity contribution in [3.63, 3.8) is 0 Å². The Hall–Kier alpha value is -1.10. The molecule has 0 saturated heterocycles. The molecule has 0 unspecified atom stereocenters. The van der Waals surface area contributed by atoms with Crippen LogP contribution in [0.5, 0.6) is 0 Å². The van der Waals surface area contributed by atoms with Gasteiger partial charge in [-0.15, -0.1) is 11.8 Å². The van der Waals surface area contributed by atoms with Gasteiger partial charge < -0.3 is 0 Å². The van der Waals surface area contributed by atoms with E-state index in [4.69, 9.17) is 0 Å². The standard InChI is InChI=1S/C7H10F2.C6H12.C4H6/c1-5(2)7(9)4-6(3)8;1-6-4-2-3-5-6;1-3-4-2/h4H,1-3H3;6H,2-5H2,1H3;1-2H3/b6-4+;;. The second kappa shape index (κ2) is 13.3. The Balaban J connectivity index is 0. The maximum atomic E-state index is 12.3. The fourth-order valence-corrected chi connectivity index (χ4v) is 1.45. The molecule has 0 N–H and O–H groups in total. The van der Waals surface area contributed by atoms with Crippen molar-refractivity contribution in [3.05, 3.63) is 23.3 Å². The molecule has 0 aromatic rings. The highest BCUT2D eigenvalue weighted by Gasteiger charge is 2.07. The summed E-state index contributed by atoms with van der Waals surface area (Å²) >= 11 is 0. The molecule has 2 heteroatoms. The zero-order chi connectivity index (χ0) is 15.3. The lowest BCUT2D eigenvalue weighted by Crippen LogP contribution is -1.78. The Labute approximate surface area is 118 Å². The van der Waals surface area contributed by atoms with Gasteiger partial charge in [0.25, 0.3) is 0 Å². The number of hydrogen-bond donors (Lipinski definition) is 0. The summed E-state index contributed by atoms with van der Waals surface area (Å²) in [6.45, 7) is 10.4. The van der Waals surface area contributed by atoms with Gasteiger partial charge in [0.15, 0.2) is 0 Å². The number of halogens is 2. The molecule has 0 radical (unpaired) electrons. The highest BCUT2D eigenvalue weighted by Crippen LogP contribution is 2.22. The van der Waals surface area contributed by atoms with Crippen molar-refractivity contribution in [3.8, 4) is 11.8 Å². The molecule has 0 aromatic carbocycles. The van der Waals surface area contributed by atoms with Crippen LogP contribution in [-0.2, 0) is 0 Å². The van der Waals surface area contributed by atoms with E-state index in [2.05, 4.69) is 18.8 Å². The largest absolute Gasteiger partial charge is 0.212 e. The smallest absolute Gasteiger partial charge is 0.124 e. The van der Waals surface area contributed by atoms with Crippen molar-refractivity contribution >= 4 is 0 Å². The predicted octanol–water partition coefficient (Wildman–Crippen LogP) is 6.35. The molecule has 0 aliphatic heterocycles. The van der Waals surface area contributed by atoms with E-state index in [9.17, 15) is 8.78 Å². The molecule has 1 aliphatic rings. The van der Waals surface area contributed by atoms with E-state index in [-0.39, 0.29) is 0 Å². The number of allylic oxidation sites excluding steroid dienone is 4. The minimum absolute atomic E-state index is 0.491. The molecule has 1 saturated carbocycles. The molecule has 110 valence electrons. The third-order valence-electron chi connectivity index (χ3n) is 2.70. The highest BCUT2D eigenvalue weighted by molar-refractivity contribution is 5.17. The molecule has 1 aliphatic carbocycles. The first-order valence-corrected chi connectivity index (χ1v) is 6.85. The summed E-state index contributed by atoms with van der Waals surface area (Å²) in [4.78, 5) is 0. The molecule has 19 heavy (non-hydrogen) atoms. The maximum Gasteiger partial charge on any atom is 0.124 e. The lowest BCUT2D eigenvalue weighted by Gasteiger charge is -1.91. The van der Waals surface area contributed by atoms with Gasteiger partial charge >= 0.3 is 0 Å². The third kappa shape index (κ3) is 16.9. The van der Waals surface area contributed by atoms with Crippen molar-refractivity contribution in [1.29, 1.82) is 0 Å². The normalized spacial score (nSPS) is 14.2. The van der Waals surface area contributed by atoms with E-state index in [1.807, 2.05) is 13.8 Å². The van der Waals surface area contributed by atoms with Gasteiger partial charge in [-0.2, -0.15) is 0 Å². The fraction of sp³-hybridized carbons (Fsp3) is 0.647. The Morgan fingerprint density at radius 2 is 1.42 bits per heavy atom. The Morgan fingerprint density at radius 3 is 1.53 bits per heavy atom. The van der Waals surface area contributed by atoms with Crippen LogP contribution in [0.3, 0.4) is 0 Å². The summed E-state index contributed by atoms with van der Waals surface area (Å²) < 4.78 is 24.2. The average Bonchev–Trinajstić information content (AvgIpc) is 2.80. The number of rotatable bonds is 1. The first-order valence-electron chi connectivity index (χ1n) is 6.85. The van der Waals surface area contributed by atoms with Crippen LogP contribution in [0.2, 0.25) is 0 Å². The molecule has 1 fully saturated rings. The summed E-state index contributed by atoms with van der Waals surface area (Å²) in [5.74, 6) is 5.41. The van der Waals surface area contributed by atoms with Gasteiger partial charge in [0, 0.05) is 6.08 Å². The van der Waals surface area contributed by atoms with Crippen molar-refractivity contribution in [2.45, 2.75) is 67.2 Å². The summed E-state index contributed by atoms with van der Waals surface area (Å²) in [6.07, 6.45) is 6.82. The van der Waals surface area contributed by atoms with Gasteiger partial charge in [-0.3, -0.25) is 0 Å². The van der Waals surface area contributed by atoms with E-state index >= 15 is 0 Å². The monoisotopic (exact) mass is 270 g/mol. The van der Waals surface area contributed by atoms with E-state index in [0.29, 0.717) is 5.57 Å². The predicted molar refractivity (Wildman–Crippen MR) is 81.1 cm³/mol. The molecule has 0 bridgehead atoms. The molecular formula is C17H28F2. The molecule has 0 amide bonds. The van der Waals surface area contributed by atoms with Crippen LogP contribution in [-0.4, -0.2) is 0 Å². The minimum atomic E-state index is -0.506. The first-order chi connectivity index (χ1) is 8.84. The van der Waals surface area contributed by atoms with Crippen LogP contribution in [0, 0.1) is 17.8 Å². The van der Waals surface area contributed by atoms with Crippen LogP contribution in [0.4, 0.5) is 8.78 Å². The second-order valence-corrected chi connectivity index (χ2v) is 4.97. The molecule has 0 nitrogen and oxygen atoms in total. The van der Waals surface area contributed by atoms with Gasteiger partial charge in [-0.1, -0.05) is 32.6 Å². The minimum Gasteiger partial charge on any atom is -0.212 e. The number of hydrogen-bond acceptors (Lipinski definition) is 0.